The van der Waals surface area contributed by atoms with Crippen LogP contribution in [-0.2, 0) is 4.65 Å². The molecule has 0 amide bonds. The minimum absolute atomic E-state index is 0.124. The average molecular weight is 288 g/mol. The molecule has 0 aliphatic heterocycles. The van der Waals surface area contributed by atoms with Crippen LogP contribution in [0.15, 0.2) is 36.7 Å². The number of carboxylic acid groups (broad SMARTS) is 1. The Bertz CT molecular complexity index is 678. The molecule has 2 rings (SSSR count). The van der Waals surface area contributed by atoms with Gasteiger partial charge in [-0.2, -0.15) is 0 Å². The number of aromatic nitrogens is 2. The van der Waals surface area contributed by atoms with E-state index in [1.165, 1.54) is 36.7 Å². The van der Waals surface area contributed by atoms with Crippen LogP contribution in [0.5, 0.6) is 11.8 Å². The fourth-order valence-electron chi connectivity index (χ4n) is 1.44. The molecule has 21 heavy (non-hydrogen) atoms. The third-order valence-corrected chi connectivity index (χ3v) is 2.39. The highest BCUT2D eigenvalue weighted by molar-refractivity contribution is 6.25. The molecule has 0 fully saturated rings. The highest BCUT2D eigenvalue weighted by atomic mass is 16.6. The Morgan fingerprint density at radius 1 is 1.10 bits per heavy atom. The highest BCUT2D eigenvalue weighted by Gasteiger charge is 2.16. The Kier molecular flexibility index (Phi) is 4.34. The topological polar surface area (TPSA) is 119 Å². The first-order chi connectivity index (χ1) is 10.1. The summed E-state index contributed by atoms with van der Waals surface area (Å²) in [7, 11) is -0.551. The summed E-state index contributed by atoms with van der Waals surface area (Å²) in [4.78, 5) is 29.8. The predicted octanol–water partition coefficient (Wildman–Crippen LogP) is 0.383. The van der Waals surface area contributed by atoms with Gasteiger partial charge in [0.1, 0.15) is 11.1 Å². The van der Waals surface area contributed by atoms with Gasteiger partial charge in [0.25, 0.3) is 0 Å². The van der Waals surface area contributed by atoms with Gasteiger partial charge in [-0.05, 0) is 24.3 Å². The van der Waals surface area contributed by atoms with Gasteiger partial charge in [-0.1, -0.05) is 0 Å². The molecule has 106 valence electrons. The van der Waals surface area contributed by atoms with E-state index in [9.17, 15) is 14.7 Å². The van der Waals surface area contributed by atoms with Crippen LogP contribution in [0.4, 0.5) is 0 Å². The summed E-state index contributed by atoms with van der Waals surface area (Å²) in [6.07, 6.45) is 2.66. The van der Waals surface area contributed by atoms with Crippen LogP contribution < -0.4 is 4.65 Å². The van der Waals surface area contributed by atoms with Crippen LogP contribution in [0.25, 0.3) is 0 Å². The van der Waals surface area contributed by atoms with Gasteiger partial charge in [-0.25, -0.2) is 19.6 Å². The van der Waals surface area contributed by atoms with Gasteiger partial charge in [0.2, 0.25) is 11.8 Å². The lowest BCUT2D eigenvalue weighted by atomic mass is 10.2. The minimum atomic E-state index is -1.21. The first-order valence-corrected chi connectivity index (χ1v) is 5.72. The van der Waals surface area contributed by atoms with Crippen molar-refractivity contribution in [2.75, 3.05) is 0 Å². The van der Waals surface area contributed by atoms with E-state index in [0.29, 0.717) is 0 Å². The van der Waals surface area contributed by atoms with Crippen molar-refractivity contribution < 1.29 is 29.1 Å². The number of hydrogen-bond acceptors (Lipinski definition) is 7. The van der Waals surface area contributed by atoms with Crippen molar-refractivity contribution in [2.45, 2.75) is 0 Å². The standard InChI is InChI=1S/C12H9BN2O6/c16-9-7(3-1-5-14-9)12(19)21-13-20-10-8(11(17)18)4-2-6-15-10/h1-6,13H,(H,14,16)(H,17,18). The van der Waals surface area contributed by atoms with E-state index in [0.717, 1.165) is 0 Å². The zero-order valence-corrected chi connectivity index (χ0v) is 10.6. The SMILES string of the molecule is O=C(OBOc1ncccc1C(=O)O)c1cccnc1O. The summed E-state index contributed by atoms with van der Waals surface area (Å²) < 4.78 is 9.75. The van der Waals surface area contributed by atoms with Crippen LogP contribution >= 0.6 is 0 Å². The first-order valence-electron chi connectivity index (χ1n) is 5.72. The molecule has 0 aliphatic carbocycles. The van der Waals surface area contributed by atoms with Crippen LogP contribution in [0.1, 0.15) is 20.7 Å². The number of rotatable bonds is 5. The number of aromatic carboxylic acids is 1. The largest absolute Gasteiger partial charge is 0.579 e. The van der Waals surface area contributed by atoms with Crippen molar-refractivity contribution in [3.63, 3.8) is 0 Å². The van der Waals surface area contributed by atoms with E-state index >= 15 is 0 Å². The molecular formula is C12H9BN2O6. The normalized spacial score (nSPS) is 9.71. The minimum Gasteiger partial charge on any atom is -0.514 e. The molecule has 0 aliphatic rings. The van der Waals surface area contributed by atoms with E-state index in [-0.39, 0.29) is 17.0 Å². The lowest BCUT2D eigenvalue weighted by Crippen LogP contribution is -2.16. The van der Waals surface area contributed by atoms with E-state index in [4.69, 9.17) is 14.4 Å². The van der Waals surface area contributed by atoms with E-state index in [2.05, 4.69) is 9.97 Å². The number of nitrogens with zero attached hydrogens (tertiary/aromatic N) is 2. The van der Waals surface area contributed by atoms with Gasteiger partial charge in [-0.3, -0.25) is 0 Å². The van der Waals surface area contributed by atoms with Crippen LogP contribution in [0.2, 0.25) is 0 Å². The second-order valence-corrected chi connectivity index (χ2v) is 3.73. The quantitative estimate of drug-likeness (QED) is 0.758. The molecule has 0 radical (unpaired) electrons. The maximum absolute atomic E-state index is 11.6. The molecule has 0 saturated heterocycles. The molecule has 0 aromatic carbocycles. The lowest BCUT2D eigenvalue weighted by Gasteiger charge is -2.07. The van der Waals surface area contributed by atoms with E-state index < -0.39 is 25.5 Å². The summed E-state index contributed by atoms with van der Waals surface area (Å²) in [5.41, 5.74) is -0.279. The molecule has 0 atom stereocenters. The van der Waals surface area contributed by atoms with Crippen LogP contribution in [0.3, 0.4) is 0 Å². The predicted molar refractivity (Wildman–Crippen MR) is 70.3 cm³/mol. The lowest BCUT2D eigenvalue weighted by molar-refractivity contribution is 0.0694. The zero-order valence-electron chi connectivity index (χ0n) is 10.6. The second-order valence-electron chi connectivity index (χ2n) is 3.73. The van der Waals surface area contributed by atoms with Gasteiger partial charge in [-0.15, -0.1) is 0 Å². The third-order valence-electron chi connectivity index (χ3n) is 2.39. The summed E-state index contributed by atoms with van der Waals surface area (Å²) in [5.74, 6) is -2.71. The number of carboxylic acids is 1. The number of hydrogen-bond donors (Lipinski definition) is 2. The van der Waals surface area contributed by atoms with Crippen molar-refractivity contribution in [2.24, 2.45) is 0 Å². The Morgan fingerprint density at radius 3 is 2.43 bits per heavy atom. The zero-order chi connectivity index (χ0) is 15.2. The molecule has 8 nitrogen and oxygen atoms in total. The molecule has 0 saturated carbocycles. The van der Waals surface area contributed by atoms with E-state index in [1.807, 2.05) is 0 Å². The number of aromatic hydroxyl groups is 1. The Morgan fingerprint density at radius 2 is 1.76 bits per heavy atom. The fraction of sp³-hybridized carbons (Fsp3) is 0. The summed E-state index contributed by atoms with van der Waals surface area (Å²) >= 11 is 0. The van der Waals surface area contributed by atoms with Gasteiger partial charge < -0.3 is 19.5 Å². The molecule has 2 aromatic heterocycles. The molecule has 2 heterocycles. The molecule has 2 N–H and O–H groups in total. The summed E-state index contributed by atoms with van der Waals surface area (Å²) in [6, 6.07) is 5.53. The monoisotopic (exact) mass is 288 g/mol. The van der Waals surface area contributed by atoms with Crippen LogP contribution in [0, 0.1) is 0 Å². The first kappa shape index (κ1) is 14.3. The van der Waals surface area contributed by atoms with Gasteiger partial charge in [0, 0.05) is 12.4 Å². The fourth-order valence-corrected chi connectivity index (χ4v) is 1.44. The Hall–Kier alpha value is -3.10. The third kappa shape index (κ3) is 3.47. The molecule has 0 unspecified atom stereocenters. The maximum atomic E-state index is 11.6. The average Bonchev–Trinajstić information content (AvgIpc) is 2.48. The maximum Gasteiger partial charge on any atom is 0.579 e. The van der Waals surface area contributed by atoms with Crippen LogP contribution in [-0.4, -0.2) is 39.8 Å². The van der Waals surface area contributed by atoms with E-state index in [1.54, 1.807) is 0 Å². The highest BCUT2D eigenvalue weighted by Crippen LogP contribution is 2.15. The molecule has 2 aromatic rings. The molecular weight excluding hydrogens is 279 g/mol. The smallest absolute Gasteiger partial charge is 0.514 e. The Labute approximate surface area is 119 Å². The Balaban J connectivity index is 1.98. The van der Waals surface area contributed by atoms with Crippen molar-refractivity contribution >= 4 is 19.6 Å². The second kappa shape index (κ2) is 6.37. The van der Waals surface area contributed by atoms with Gasteiger partial charge in [0.15, 0.2) is 0 Å². The van der Waals surface area contributed by atoms with Crippen molar-refractivity contribution in [1.82, 2.24) is 9.97 Å². The number of carbonyl (C=O) groups excluding carboxylic acids is 1. The summed E-state index contributed by atoms with van der Waals surface area (Å²) in [6.45, 7) is 0. The van der Waals surface area contributed by atoms with Gasteiger partial charge in [0.05, 0.1) is 0 Å². The van der Waals surface area contributed by atoms with Gasteiger partial charge >= 0.3 is 19.6 Å². The molecule has 0 spiro atoms. The van der Waals surface area contributed by atoms with Crippen molar-refractivity contribution in [3.05, 3.63) is 47.8 Å². The number of carbonyl (C=O) groups is 2. The summed E-state index contributed by atoms with van der Waals surface area (Å²) in [5, 5.41) is 18.3. The van der Waals surface area contributed by atoms with Crippen molar-refractivity contribution in [1.29, 1.82) is 0 Å². The molecule has 0 bridgehead atoms. The van der Waals surface area contributed by atoms with Crippen molar-refractivity contribution in [3.8, 4) is 11.8 Å². The number of pyridine rings is 2. The molecule has 9 heteroatoms.